The van der Waals surface area contributed by atoms with Crippen molar-refractivity contribution in [3.63, 3.8) is 0 Å². The van der Waals surface area contributed by atoms with Gasteiger partial charge in [-0.25, -0.2) is 4.98 Å². The predicted octanol–water partition coefficient (Wildman–Crippen LogP) is 2.90. The molecule has 120 valence electrons. The molecule has 22 heavy (non-hydrogen) atoms. The Bertz CT molecular complexity index is 592. The van der Waals surface area contributed by atoms with Crippen molar-refractivity contribution in [3.05, 3.63) is 15.6 Å². The number of hydrogen-bond acceptors (Lipinski definition) is 4. The molecule has 2 fully saturated rings. The Labute approximate surface area is 134 Å². The summed E-state index contributed by atoms with van der Waals surface area (Å²) in [7, 11) is 0. The number of aromatic nitrogens is 1. The van der Waals surface area contributed by atoms with E-state index in [1.807, 2.05) is 13.8 Å². The first-order valence-corrected chi connectivity index (χ1v) is 8.78. The minimum Gasteiger partial charge on any atom is -0.481 e. The average molecular weight is 322 g/mol. The van der Waals surface area contributed by atoms with E-state index in [9.17, 15) is 14.7 Å². The van der Waals surface area contributed by atoms with Crippen LogP contribution in [0.3, 0.4) is 0 Å². The molecule has 5 nitrogen and oxygen atoms in total. The summed E-state index contributed by atoms with van der Waals surface area (Å²) in [6, 6.07) is 0. The summed E-state index contributed by atoms with van der Waals surface area (Å²) in [5, 5.41) is 10.3. The van der Waals surface area contributed by atoms with Crippen molar-refractivity contribution in [2.24, 2.45) is 11.8 Å². The first kappa shape index (κ1) is 15.5. The number of carbonyl (C=O) groups excluding carboxylic acids is 1. The minimum absolute atomic E-state index is 0.00369. The minimum atomic E-state index is -0.810. The van der Waals surface area contributed by atoms with Gasteiger partial charge in [-0.3, -0.25) is 9.59 Å². The van der Waals surface area contributed by atoms with Gasteiger partial charge >= 0.3 is 5.97 Å². The highest BCUT2D eigenvalue weighted by molar-refractivity contribution is 7.13. The zero-order valence-corrected chi connectivity index (χ0v) is 13.9. The van der Waals surface area contributed by atoms with Crippen LogP contribution in [0.4, 0.5) is 0 Å². The molecule has 1 N–H and O–H groups in total. The van der Waals surface area contributed by atoms with Crippen LogP contribution < -0.4 is 0 Å². The van der Waals surface area contributed by atoms with Gasteiger partial charge in [-0.1, -0.05) is 19.8 Å². The second-order valence-electron chi connectivity index (χ2n) is 6.58. The summed E-state index contributed by atoms with van der Waals surface area (Å²) in [6.45, 7) is 4.61. The highest BCUT2D eigenvalue weighted by atomic mass is 32.1. The summed E-state index contributed by atoms with van der Waals surface area (Å²) >= 11 is 1.51. The molecule has 6 heteroatoms. The van der Waals surface area contributed by atoms with Crippen molar-refractivity contribution in [2.75, 3.05) is 13.1 Å². The van der Waals surface area contributed by atoms with E-state index < -0.39 is 11.9 Å². The molecule has 2 atom stereocenters. The second-order valence-corrected chi connectivity index (χ2v) is 7.61. The monoisotopic (exact) mass is 322 g/mol. The van der Waals surface area contributed by atoms with Crippen molar-refractivity contribution in [1.29, 1.82) is 0 Å². The van der Waals surface area contributed by atoms with Crippen LogP contribution in [0, 0.1) is 18.8 Å². The molecular formula is C16H22N2O3S. The van der Waals surface area contributed by atoms with Crippen LogP contribution in [0.1, 0.15) is 58.9 Å². The van der Waals surface area contributed by atoms with Gasteiger partial charge in [-0.05, 0) is 25.7 Å². The van der Waals surface area contributed by atoms with Gasteiger partial charge in [0.2, 0.25) is 0 Å². The van der Waals surface area contributed by atoms with E-state index in [1.54, 1.807) is 4.90 Å². The van der Waals surface area contributed by atoms with Crippen LogP contribution in [0.2, 0.25) is 0 Å². The van der Waals surface area contributed by atoms with Gasteiger partial charge in [-0.15, -0.1) is 11.3 Å². The van der Waals surface area contributed by atoms with Crippen LogP contribution in [0.15, 0.2) is 0 Å². The largest absolute Gasteiger partial charge is 0.481 e. The number of likely N-dealkylation sites (tertiary alicyclic amines) is 1. The van der Waals surface area contributed by atoms with Crippen molar-refractivity contribution >= 4 is 23.2 Å². The highest BCUT2D eigenvalue weighted by Crippen LogP contribution is 2.37. The molecule has 0 unspecified atom stereocenters. The van der Waals surface area contributed by atoms with Crippen LogP contribution in [0.5, 0.6) is 0 Å². The van der Waals surface area contributed by atoms with Gasteiger partial charge in [0.15, 0.2) is 0 Å². The van der Waals surface area contributed by atoms with E-state index in [4.69, 9.17) is 0 Å². The first-order chi connectivity index (χ1) is 10.5. The Morgan fingerprint density at radius 3 is 2.55 bits per heavy atom. The molecule has 1 aromatic rings. The van der Waals surface area contributed by atoms with E-state index in [2.05, 4.69) is 4.98 Å². The highest BCUT2D eigenvalue weighted by Gasteiger charge is 2.38. The molecule has 0 spiro atoms. The quantitative estimate of drug-likeness (QED) is 0.929. The molecule has 1 saturated heterocycles. The van der Waals surface area contributed by atoms with Gasteiger partial charge in [0, 0.05) is 19.0 Å². The topological polar surface area (TPSA) is 70.5 Å². The molecule has 1 aliphatic heterocycles. The molecule has 0 bridgehead atoms. The zero-order chi connectivity index (χ0) is 15.9. The summed E-state index contributed by atoms with van der Waals surface area (Å²) in [4.78, 5) is 30.9. The zero-order valence-electron chi connectivity index (χ0n) is 13.0. The Morgan fingerprint density at radius 2 is 1.95 bits per heavy atom. The predicted molar refractivity (Wildman–Crippen MR) is 84.3 cm³/mol. The fourth-order valence-electron chi connectivity index (χ4n) is 3.56. The van der Waals surface area contributed by atoms with E-state index in [0.717, 1.165) is 10.7 Å². The maximum absolute atomic E-state index is 12.7. The lowest BCUT2D eigenvalue weighted by molar-refractivity contribution is -0.142. The number of nitrogens with zero attached hydrogens (tertiary/aromatic N) is 2. The number of carbonyl (C=O) groups is 2. The number of rotatable bonds is 3. The van der Waals surface area contributed by atoms with Gasteiger partial charge in [0.25, 0.3) is 5.91 Å². The number of aryl methyl sites for hydroxylation is 1. The Morgan fingerprint density at radius 1 is 1.27 bits per heavy atom. The lowest BCUT2D eigenvalue weighted by Crippen LogP contribution is -2.29. The Kier molecular flexibility index (Phi) is 4.21. The van der Waals surface area contributed by atoms with Gasteiger partial charge in [0.05, 0.1) is 16.6 Å². The third-order valence-corrected chi connectivity index (χ3v) is 6.24. The average Bonchev–Trinajstić information content (AvgIpc) is 3.16. The van der Waals surface area contributed by atoms with E-state index in [-0.39, 0.29) is 11.8 Å². The molecule has 1 amide bonds. The maximum atomic E-state index is 12.7. The first-order valence-electron chi connectivity index (χ1n) is 7.96. The molecule has 1 aromatic heterocycles. The lowest BCUT2D eigenvalue weighted by Gasteiger charge is -2.14. The molecule has 0 radical (unpaired) electrons. The van der Waals surface area contributed by atoms with E-state index in [1.165, 1.54) is 37.0 Å². The molecule has 1 aliphatic carbocycles. The van der Waals surface area contributed by atoms with E-state index in [0.29, 0.717) is 23.9 Å². The summed E-state index contributed by atoms with van der Waals surface area (Å²) in [5.41, 5.74) is 0.795. The fourth-order valence-corrected chi connectivity index (χ4v) is 4.76. The fraction of sp³-hybridized carbons (Fsp3) is 0.688. The third-order valence-electron chi connectivity index (χ3n) is 4.93. The molecule has 3 rings (SSSR count). The van der Waals surface area contributed by atoms with Crippen molar-refractivity contribution in [2.45, 2.75) is 45.4 Å². The number of carboxylic acids is 1. The lowest BCUT2D eigenvalue weighted by atomic mass is 9.99. The smallest absolute Gasteiger partial charge is 0.308 e. The number of thiazole rings is 1. The second kappa shape index (κ2) is 5.99. The SMILES string of the molecule is Cc1nc(C2CCCC2)sc1C(=O)N1C[C@@H](C)[C@H](C(=O)O)C1. The van der Waals surface area contributed by atoms with Gasteiger partial charge < -0.3 is 10.0 Å². The normalized spacial score (nSPS) is 25.8. The number of carboxylic acid groups (broad SMARTS) is 1. The molecule has 0 aromatic carbocycles. The van der Waals surface area contributed by atoms with E-state index >= 15 is 0 Å². The summed E-state index contributed by atoms with van der Waals surface area (Å²) in [5.74, 6) is -0.796. The molecular weight excluding hydrogens is 300 g/mol. The van der Waals surface area contributed by atoms with Crippen LogP contribution >= 0.6 is 11.3 Å². The molecule has 2 heterocycles. The van der Waals surface area contributed by atoms with Gasteiger partial charge in [-0.2, -0.15) is 0 Å². The summed E-state index contributed by atoms with van der Waals surface area (Å²) < 4.78 is 0. The van der Waals surface area contributed by atoms with Crippen molar-refractivity contribution in [3.8, 4) is 0 Å². The Hall–Kier alpha value is -1.43. The van der Waals surface area contributed by atoms with Crippen LogP contribution in [-0.4, -0.2) is 40.0 Å². The number of hydrogen-bond donors (Lipinski definition) is 1. The Balaban J connectivity index is 1.76. The van der Waals surface area contributed by atoms with Crippen molar-refractivity contribution in [1.82, 2.24) is 9.88 Å². The maximum Gasteiger partial charge on any atom is 0.308 e. The molecule has 2 aliphatic rings. The third kappa shape index (κ3) is 2.76. The van der Waals surface area contributed by atoms with Crippen LogP contribution in [-0.2, 0) is 4.79 Å². The van der Waals surface area contributed by atoms with Gasteiger partial charge in [0.1, 0.15) is 4.88 Å². The standard InChI is InChI=1S/C16H22N2O3S/c1-9-7-18(8-12(9)16(20)21)15(19)13-10(2)17-14(22-13)11-5-3-4-6-11/h9,11-12H,3-8H2,1-2H3,(H,20,21)/t9-,12-/m1/s1. The van der Waals surface area contributed by atoms with Crippen LogP contribution in [0.25, 0.3) is 0 Å². The number of aliphatic carboxylic acids is 1. The van der Waals surface area contributed by atoms with Crippen molar-refractivity contribution < 1.29 is 14.7 Å². The summed E-state index contributed by atoms with van der Waals surface area (Å²) in [6.07, 6.45) is 4.83. The molecule has 1 saturated carbocycles. The number of amides is 1.